The van der Waals surface area contributed by atoms with Gasteiger partial charge in [0.1, 0.15) is 11.6 Å². The lowest BCUT2D eigenvalue weighted by Gasteiger charge is -2.33. The summed E-state index contributed by atoms with van der Waals surface area (Å²) in [5.41, 5.74) is 3.83. The van der Waals surface area contributed by atoms with Gasteiger partial charge in [-0.1, -0.05) is 0 Å². The van der Waals surface area contributed by atoms with Crippen LogP contribution in [-0.4, -0.2) is 70.4 Å². The molecule has 8 nitrogen and oxygen atoms in total. The van der Waals surface area contributed by atoms with Gasteiger partial charge in [0.2, 0.25) is 0 Å². The van der Waals surface area contributed by atoms with E-state index in [4.69, 9.17) is 9.72 Å². The Balaban J connectivity index is 0.00000245. The minimum Gasteiger partial charge on any atom is -0.394 e. The van der Waals surface area contributed by atoms with Crippen molar-refractivity contribution in [2.24, 2.45) is 0 Å². The van der Waals surface area contributed by atoms with E-state index in [0.29, 0.717) is 24.9 Å². The number of aromatic nitrogens is 4. The number of halogens is 1. The highest BCUT2D eigenvalue weighted by Crippen LogP contribution is 2.32. The third-order valence-corrected chi connectivity index (χ3v) is 6.43. The van der Waals surface area contributed by atoms with Crippen LogP contribution in [0.5, 0.6) is 0 Å². The van der Waals surface area contributed by atoms with Crippen LogP contribution in [0.3, 0.4) is 0 Å². The molecule has 0 amide bonds. The molecule has 9 heteroatoms. The molecule has 2 fully saturated rings. The number of benzene rings is 1. The van der Waals surface area contributed by atoms with Crippen molar-refractivity contribution >= 4 is 29.1 Å². The normalized spacial score (nSPS) is 19.8. The molecule has 1 aromatic carbocycles. The van der Waals surface area contributed by atoms with Crippen molar-refractivity contribution in [3.63, 3.8) is 0 Å². The summed E-state index contributed by atoms with van der Waals surface area (Å²) in [5.74, 6) is 2.90. The molecule has 2 saturated heterocycles. The first-order valence-electron chi connectivity index (χ1n) is 11.1. The fourth-order valence-corrected chi connectivity index (χ4v) is 4.80. The molecule has 32 heavy (non-hydrogen) atoms. The van der Waals surface area contributed by atoms with Crippen LogP contribution in [0, 0.1) is 13.8 Å². The zero-order valence-corrected chi connectivity index (χ0v) is 19.4. The van der Waals surface area contributed by atoms with E-state index in [-0.39, 0.29) is 25.1 Å². The average Bonchev–Trinajstić information content (AvgIpc) is 3.21. The van der Waals surface area contributed by atoms with Gasteiger partial charge in [-0.15, -0.1) is 12.4 Å². The van der Waals surface area contributed by atoms with Crippen LogP contribution < -0.4 is 10.2 Å². The van der Waals surface area contributed by atoms with Crippen molar-refractivity contribution in [1.29, 1.82) is 0 Å². The van der Waals surface area contributed by atoms with Gasteiger partial charge in [0.05, 0.1) is 31.0 Å². The highest BCUT2D eigenvalue weighted by molar-refractivity contribution is 5.85. The SMILES string of the molecule is Cc1nc(N2CCO[C@@H](CO)C2)cc(-n2ncc3cc(C)c(C4CCNCC4)cc32)n1.Cl. The second kappa shape index (κ2) is 9.70. The Bertz CT molecular complexity index is 1080. The average molecular weight is 459 g/mol. The molecule has 1 atom stereocenters. The van der Waals surface area contributed by atoms with Gasteiger partial charge < -0.3 is 20.1 Å². The summed E-state index contributed by atoms with van der Waals surface area (Å²) in [7, 11) is 0. The molecule has 2 aromatic heterocycles. The van der Waals surface area contributed by atoms with Crippen molar-refractivity contribution in [1.82, 2.24) is 25.1 Å². The number of anilines is 1. The smallest absolute Gasteiger partial charge is 0.159 e. The maximum Gasteiger partial charge on any atom is 0.159 e. The number of aliphatic hydroxyl groups is 1. The topological polar surface area (TPSA) is 88.3 Å². The van der Waals surface area contributed by atoms with Crippen molar-refractivity contribution in [2.75, 3.05) is 44.3 Å². The van der Waals surface area contributed by atoms with Gasteiger partial charge in [0.15, 0.2) is 5.82 Å². The Hall–Kier alpha value is -2.26. The number of aliphatic hydroxyl groups excluding tert-OH is 1. The van der Waals surface area contributed by atoms with E-state index in [9.17, 15) is 5.11 Å². The molecule has 4 heterocycles. The molecule has 2 aliphatic rings. The van der Waals surface area contributed by atoms with E-state index >= 15 is 0 Å². The predicted molar refractivity (Wildman–Crippen MR) is 127 cm³/mol. The number of morpholine rings is 1. The molecule has 5 rings (SSSR count). The quantitative estimate of drug-likeness (QED) is 0.621. The molecular formula is C23H31ClN6O2. The molecule has 0 unspecified atom stereocenters. The monoisotopic (exact) mass is 458 g/mol. The summed E-state index contributed by atoms with van der Waals surface area (Å²) in [6.07, 6.45) is 4.07. The third-order valence-electron chi connectivity index (χ3n) is 6.43. The molecule has 0 bridgehead atoms. The first-order chi connectivity index (χ1) is 15.1. The van der Waals surface area contributed by atoms with Crippen LogP contribution in [0.2, 0.25) is 0 Å². The number of rotatable bonds is 4. The number of nitrogens with zero attached hydrogens (tertiary/aromatic N) is 5. The van der Waals surface area contributed by atoms with Gasteiger partial charge in [0.25, 0.3) is 0 Å². The Labute approximate surface area is 194 Å². The van der Waals surface area contributed by atoms with Gasteiger partial charge in [0, 0.05) is 24.5 Å². The van der Waals surface area contributed by atoms with Crippen molar-refractivity contribution in [2.45, 2.75) is 38.7 Å². The van der Waals surface area contributed by atoms with E-state index in [0.717, 1.165) is 42.2 Å². The van der Waals surface area contributed by atoms with Crippen LogP contribution in [0.25, 0.3) is 16.7 Å². The van der Waals surface area contributed by atoms with Crippen molar-refractivity contribution in [3.05, 3.63) is 41.3 Å². The van der Waals surface area contributed by atoms with Crippen LogP contribution in [0.4, 0.5) is 5.82 Å². The minimum atomic E-state index is -0.187. The largest absolute Gasteiger partial charge is 0.394 e. The van der Waals surface area contributed by atoms with Crippen LogP contribution in [0.1, 0.15) is 35.7 Å². The number of hydrogen-bond donors (Lipinski definition) is 2. The van der Waals surface area contributed by atoms with E-state index in [1.165, 1.54) is 24.0 Å². The molecule has 0 saturated carbocycles. The highest BCUT2D eigenvalue weighted by atomic mass is 35.5. The highest BCUT2D eigenvalue weighted by Gasteiger charge is 2.23. The fraction of sp³-hybridized carbons (Fsp3) is 0.522. The second-order valence-electron chi connectivity index (χ2n) is 8.60. The van der Waals surface area contributed by atoms with E-state index in [2.05, 4.69) is 39.4 Å². The fourth-order valence-electron chi connectivity index (χ4n) is 4.80. The van der Waals surface area contributed by atoms with Gasteiger partial charge in [-0.2, -0.15) is 5.10 Å². The zero-order chi connectivity index (χ0) is 21.4. The summed E-state index contributed by atoms with van der Waals surface area (Å²) in [6, 6.07) is 6.55. The summed E-state index contributed by atoms with van der Waals surface area (Å²) in [5, 5.41) is 18.8. The van der Waals surface area contributed by atoms with E-state index < -0.39 is 0 Å². The number of piperidine rings is 1. The lowest BCUT2D eigenvalue weighted by Crippen LogP contribution is -2.44. The second-order valence-corrected chi connectivity index (χ2v) is 8.60. The molecule has 2 aliphatic heterocycles. The number of hydrogen-bond acceptors (Lipinski definition) is 7. The molecule has 2 N–H and O–H groups in total. The molecule has 172 valence electrons. The Kier molecular flexibility index (Phi) is 6.95. The molecule has 0 aliphatic carbocycles. The predicted octanol–water partition coefficient (Wildman–Crippen LogP) is 2.52. The lowest BCUT2D eigenvalue weighted by atomic mass is 9.87. The molecule has 0 spiro atoms. The summed E-state index contributed by atoms with van der Waals surface area (Å²) < 4.78 is 7.53. The Morgan fingerprint density at radius 3 is 2.69 bits per heavy atom. The van der Waals surface area contributed by atoms with Crippen LogP contribution in [-0.2, 0) is 4.74 Å². The van der Waals surface area contributed by atoms with E-state index in [1.807, 2.05) is 23.9 Å². The Morgan fingerprint density at radius 2 is 1.91 bits per heavy atom. The summed E-state index contributed by atoms with van der Waals surface area (Å²) in [6.45, 7) is 8.21. The number of aryl methyl sites for hydroxylation is 2. The Morgan fingerprint density at radius 1 is 1.12 bits per heavy atom. The van der Waals surface area contributed by atoms with Gasteiger partial charge in [-0.05, 0) is 69.0 Å². The number of fused-ring (bicyclic) bond motifs is 1. The van der Waals surface area contributed by atoms with Crippen LogP contribution in [0.15, 0.2) is 24.4 Å². The van der Waals surface area contributed by atoms with Crippen molar-refractivity contribution in [3.8, 4) is 5.82 Å². The molecule has 0 radical (unpaired) electrons. The summed E-state index contributed by atoms with van der Waals surface area (Å²) in [4.78, 5) is 11.5. The maximum atomic E-state index is 9.49. The first kappa shape index (κ1) is 22.9. The number of nitrogens with one attached hydrogen (secondary N) is 1. The maximum absolute atomic E-state index is 9.49. The molecular weight excluding hydrogens is 428 g/mol. The standard InChI is InChI=1S/C23H30N6O2.ClH/c1-15-9-18-12-25-29(21(18)10-20(15)17-3-5-24-6-4-17)23-11-22(26-16(2)27-23)28-7-8-31-19(13-28)14-30;/h9-12,17,19,24,30H,3-8,13-14H2,1-2H3;1H/t19-;/m1./s1. The minimum absolute atomic E-state index is 0. The zero-order valence-electron chi connectivity index (χ0n) is 18.6. The van der Waals surface area contributed by atoms with Gasteiger partial charge in [-0.3, -0.25) is 0 Å². The summed E-state index contributed by atoms with van der Waals surface area (Å²) >= 11 is 0. The molecule has 3 aromatic rings. The first-order valence-corrected chi connectivity index (χ1v) is 11.1. The lowest BCUT2D eigenvalue weighted by molar-refractivity contribution is 0.00335. The van der Waals surface area contributed by atoms with E-state index in [1.54, 1.807) is 0 Å². The van der Waals surface area contributed by atoms with Crippen molar-refractivity contribution < 1.29 is 9.84 Å². The third kappa shape index (κ3) is 4.45. The van der Waals surface area contributed by atoms with Crippen LogP contribution >= 0.6 is 12.4 Å². The number of ether oxygens (including phenoxy) is 1. The van der Waals surface area contributed by atoms with Gasteiger partial charge in [-0.25, -0.2) is 14.6 Å². The van der Waals surface area contributed by atoms with Gasteiger partial charge >= 0.3 is 0 Å².